The molecule has 3 rings (SSSR count). The first-order chi connectivity index (χ1) is 14.8. The topological polar surface area (TPSA) is 51.2 Å². The Morgan fingerprint density at radius 2 is 1.56 bits per heavy atom. The van der Waals surface area contributed by atoms with Gasteiger partial charge in [-0.15, -0.1) is 11.3 Å². The average molecular weight is 474 g/mol. The van der Waals surface area contributed by atoms with Gasteiger partial charge in [0.15, 0.2) is 5.13 Å². The molecule has 0 saturated heterocycles. The Balaban J connectivity index is 1.93. The van der Waals surface area contributed by atoms with E-state index in [2.05, 4.69) is 10.3 Å². The van der Waals surface area contributed by atoms with Crippen molar-refractivity contribution in [1.29, 1.82) is 0 Å². The van der Waals surface area contributed by atoms with E-state index in [4.69, 9.17) is 4.74 Å². The zero-order valence-electron chi connectivity index (χ0n) is 16.9. The van der Waals surface area contributed by atoms with Crippen molar-refractivity contribution in [3.05, 3.63) is 63.5 Å². The van der Waals surface area contributed by atoms with Crippen LogP contribution in [0.4, 0.5) is 31.5 Å². The van der Waals surface area contributed by atoms with E-state index in [1.807, 2.05) is 13.0 Å². The first-order valence-electron chi connectivity index (χ1n) is 9.03. The molecule has 0 unspecified atom stereocenters. The van der Waals surface area contributed by atoms with Gasteiger partial charge in [0.25, 0.3) is 5.91 Å². The number of hydrogen-bond acceptors (Lipinski definition) is 4. The second-order valence-electron chi connectivity index (χ2n) is 6.86. The number of thiazole rings is 1. The van der Waals surface area contributed by atoms with Gasteiger partial charge in [-0.25, -0.2) is 4.98 Å². The van der Waals surface area contributed by atoms with Crippen LogP contribution in [0, 0.1) is 13.8 Å². The molecule has 0 saturated carbocycles. The Hall–Kier alpha value is -3.08. The smallest absolute Gasteiger partial charge is 0.416 e. The van der Waals surface area contributed by atoms with Crippen LogP contribution >= 0.6 is 11.3 Å². The highest BCUT2D eigenvalue weighted by atomic mass is 32.1. The summed E-state index contributed by atoms with van der Waals surface area (Å²) in [5.41, 5.74) is -1.83. The lowest BCUT2D eigenvalue weighted by atomic mass is 10.0. The summed E-state index contributed by atoms with van der Waals surface area (Å²) in [6.07, 6.45) is -10.1. The van der Waals surface area contributed by atoms with Crippen LogP contribution in [0.5, 0.6) is 5.75 Å². The van der Waals surface area contributed by atoms with Crippen molar-refractivity contribution in [2.45, 2.75) is 26.2 Å². The molecular formula is C21H16F6N2O2S. The van der Waals surface area contributed by atoms with Gasteiger partial charge in [0.2, 0.25) is 0 Å². The van der Waals surface area contributed by atoms with Crippen molar-refractivity contribution in [2.24, 2.45) is 0 Å². The van der Waals surface area contributed by atoms with Crippen LogP contribution in [0.25, 0.3) is 11.3 Å². The van der Waals surface area contributed by atoms with Gasteiger partial charge in [-0.2, -0.15) is 26.3 Å². The molecule has 0 atom stereocenters. The average Bonchev–Trinajstić information content (AvgIpc) is 3.06. The highest BCUT2D eigenvalue weighted by Gasteiger charge is 2.37. The Kier molecular flexibility index (Phi) is 6.23. The van der Waals surface area contributed by atoms with Crippen LogP contribution < -0.4 is 10.1 Å². The molecule has 3 aromatic rings. The molecule has 1 N–H and O–H groups in total. The summed E-state index contributed by atoms with van der Waals surface area (Å²) < 4.78 is 83.4. The molecule has 0 aliphatic rings. The number of amides is 1. The maximum atomic E-state index is 13.0. The number of nitrogens with zero attached hydrogens (tertiary/aromatic N) is 1. The van der Waals surface area contributed by atoms with E-state index in [9.17, 15) is 31.1 Å². The van der Waals surface area contributed by atoms with Gasteiger partial charge in [-0.3, -0.25) is 10.1 Å². The summed E-state index contributed by atoms with van der Waals surface area (Å²) in [7, 11) is 1.53. The quantitative estimate of drug-likeness (QED) is 0.427. The fraction of sp³-hybridized carbons (Fsp3) is 0.238. The lowest BCUT2D eigenvalue weighted by Gasteiger charge is -2.13. The van der Waals surface area contributed by atoms with E-state index < -0.39 is 35.0 Å². The zero-order chi connectivity index (χ0) is 23.8. The van der Waals surface area contributed by atoms with Crippen LogP contribution in [0.1, 0.15) is 31.9 Å². The number of ether oxygens (including phenoxy) is 1. The molecule has 0 aliphatic carbocycles. The molecule has 0 fully saturated rings. The van der Waals surface area contributed by atoms with Crippen LogP contribution in [-0.4, -0.2) is 18.0 Å². The lowest BCUT2D eigenvalue weighted by molar-refractivity contribution is -0.143. The van der Waals surface area contributed by atoms with Crippen molar-refractivity contribution < 1.29 is 35.9 Å². The van der Waals surface area contributed by atoms with Gasteiger partial charge in [-0.1, -0.05) is 0 Å². The monoisotopic (exact) mass is 474 g/mol. The minimum Gasteiger partial charge on any atom is -0.496 e. The minimum absolute atomic E-state index is 0.0333. The number of aromatic nitrogens is 1. The molecule has 1 amide bonds. The summed E-state index contributed by atoms with van der Waals surface area (Å²) in [6.45, 7) is 3.56. The molecule has 2 aromatic carbocycles. The SMILES string of the molecule is COc1ccc(-c2nc(NC(=O)c3cc(C(F)(F)F)cc(C(F)(F)F)c3)sc2C)cc1C. The number of methoxy groups -OCH3 is 1. The number of rotatable bonds is 4. The number of carbonyl (C=O) groups excluding carboxylic acids is 1. The summed E-state index contributed by atoms with van der Waals surface area (Å²) in [5.74, 6) is -0.465. The first kappa shape index (κ1) is 23.6. The second kappa shape index (κ2) is 8.45. The van der Waals surface area contributed by atoms with Crippen molar-refractivity contribution in [2.75, 3.05) is 12.4 Å². The number of carbonyl (C=O) groups is 1. The summed E-state index contributed by atoms with van der Waals surface area (Å²) in [4.78, 5) is 17.5. The van der Waals surface area contributed by atoms with E-state index in [1.54, 1.807) is 19.1 Å². The third-order valence-corrected chi connectivity index (χ3v) is 5.42. The van der Waals surface area contributed by atoms with Gasteiger partial charge < -0.3 is 4.74 Å². The minimum atomic E-state index is -5.05. The molecule has 0 bridgehead atoms. The molecule has 11 heteroatoms. The molecule has 32 heavy (non-hydrogen) atoms. The standard InChI is InChI=1S/C21H16F6N2O2S/c1-10-6-12(4-5-16(10)31-3)17-11(2)32-19(28-17)29-18(30)13-7-14(20(22,23)24)9-15(8-13)21(25,26)27/h4-9H,1-3H3,(H,28,29,30). The van der Waals surface area contributed by atoms with Crippen LogP contribution in [0.3, 0.4) is 0 Å². The highest BCUT2D eigenvalue weighted by Crippen LogP contribution is 2.37. The largest absolute Gasteiger partial charge is 0.496 e. The fourth-order valence-corrected chi connectivity index (χ4v) is 3.83. The first-order valence-corrected chi connectivity index (χ1v) is 9.84. The van der Waals surface area contributed by atoms with E-state index in [1.165, 1.54) is 7.11 Å². The predicted molar refractivity (Wildman–Crippen MR) is 108 cm³/mol. The van der Waals surface area contributed by atoms with E-state index in [0.29, 0.717) is 28.5 Å². The molecule has 1 aromatic heterocycles. The van der Waals surface area contributed by atoms with Gasteiger partial charge in [-0.05, 0) is 55.8 Å². The van der Waals surface area contributed by atoms with E-state index in [0.717, 1.165) is 22.5 Å². The number of hydrogen-bond donors (Lipinski definition) is 1. The third kappa shape index (κ3) is 5.04. The molecule has 170 valence electrons. The predicted octanol–water partition coefficient (Wildman–Crippen LogP) is 6.73. The lowest BCUT2D eigenvalue weighted by Crippen LogP contribution is -2.17. The van der Waals surface area contributed by atoms with Crippen molar-refractivity contribution >= 4 is 22.4 Å². The molecule has 0 aliphatic heterocycles. The Morgan fingerprint density at radius 3 is 2.06 bits per heavy atom. The van der Waals surface area contributed by atoms with Gasteiger partial charge in [0.1, 0.15) is 5.75 Å². The fourth-order valence-electron chi connectivity index (χ4n) is 3.00. The van der Waals surface area contributed by atoms with Gasteiger partial charge in [0, 0.05) is 16.0 Å². The number of halogens is 6. The Bertz CT molecular complexity index is 1140. The van der Waals surface area contributed by atoms with E-state index >= 15 is 0 Å². The summed E-state index contributed by atoms with van der Waals surface area (Å²) in [6, 6.07) is 6.02. The van der Waals surface area contributed by atoms with Gasteiger partial charge >= 0.3 is 12.4 Å². The summed E-state index contributed by atoms with van der Waals surface area (Å²) >= 11 is 1.05. The van der Waals surface area contributed by atoms with Crippen LogP contribution in [-0.2, 0) is 12.4 Å². The number of aryl methyl sites for hydroxylation is 2. The van der Waals surface area contributed by atoms with Gasteiger partial charge in [0.05, 0.1) is 23.9 Å². The number of nitrogens with one attached hydrogen (secondary N) is 1. The molecule has 1 heterocycles. The number of alkyl halides is 6. The second-order valence-corrected chi connectivity index (χ2v) is 8.06. The van der Waals surface area contributed by atoms with Crippen molar-refractivity contribution in [3.8, 4) is 17.0 Å². The Morgan fingerprint density at radius 1 is 0.969 bits per heavy atom. The zero-order valence-corrected chi connectivity index (χ0v) is 17.7. The number of benzene rings is 2. The molecule has 4 nitrogen and oxygen atoms in total. The molecule has 0 radical (unpaired) electrons. The number of anilines is 1. The summed E-state index contributed by atoms with van der Waals surface area (Å²) in [5, 5.41) is 2.34. The highest BCUT2D eigenvalue weighted by molar-refractivity contribution is 7.16. The van der Waals surface area contributed by atoms with Crippen molar-refractivity contribution in [1.82, 2.24) is 4.98 Å². The molecule has 0 spiro atoms. The Labute approximate surface area is 182 Å². The normalized spacial score (nSPS) is 12.0. The maximum absolute atomic E-state index is 13.0. The van der Waals surface area contributed by atoms with Crippen molar-refractivity contribution in [3.63, 3.8) is 0 Å². The van der Waals surface area contributed by atoms with Crippen LogP contribution in [0.15, 0.2) is 36.4 Å². The molecular weight excluding hydrogens is 458 g/mol. The van der Waals surface area contributed by atoms with E-state index in [-0.39, 0.29) is 11.2 Å². The third-order valence-electron chi connectivity index (χ3n) is 4.54. The maximum Gasteiger partial charge on any atom is 0.416 e. The van der Waals surface area contributed by atoms with Crippen LogP contribution in [0.2, 0.25) is 0 Å².